The summed E-state index contributed by atoms with van der Waals surface area (Å²) in [5, 5.41) is 9.95. The molecule has 1 unspecified atom stereocenters. The number of ether oxygens (including phenoxy) is 1. The number of methoxy groups -OCH3 is 1. The van der Waals surface area contributed by atoms with Gasteiger partial charge in [0.05, 0.1) is 6.54 Å². The lowest BCUT2D eigenvalue weighted by Gasteiger charge is -2.27. The molecule has 0 radical (unpaired) electrons. The maximum Gasteiger partial charge on any atom is 0.318 e. The van der Waals surface area contributed by atoms with Crippen LogP contribution in [0.2, 0.25) is 0 Å². The fraction of sp³-hybridized carbons (Fsp3) is 0.667. The van der Waals surface area contributed by atoms with E-state index in [9.17, 15) is 9.59 Å². The van der Waals surface area contributed by atoms with Crippen LogP contribution in [0.4, 0.5) is 0 Å². The summed E-state index contributed by atoms with van der Waals surface area (Å²) in [5.41, 5.74) is 0. The molecule has 7 nitrogen and oxygen atoms in total. The van der Waals surface area contributed by atoms with Gasteiger partial charge in [-0.2, -0.15) is 4.99 Å². The maximum absolute atomic E-state index is 11.3. The summed E-state index contributed by atoms with van der Waals surface area (Å²) in [6.07, 6.45) is 1.19. The zero-order valence-electron chi connectivity index (χ0n) is 9.05. The molecule has 1 atom stereocenters. The second kappa shape index (κ2) is 5.57. The van der Waals surface area contributed by atoms with Crippen LogP contribution < -0.4 is 5.84 Å². The second-order valence-electron chi connectivity index (χ2n) is 3.51. The lowest BCUT2D eigenvalue weighted by Crippen LogP contribution is -2.49. The highest BCUT2D eigenvalue weighted by Gasteiger charge is 2.33. The Balaban J connectivity index is 2.62. The number of nitrogens with two attached hydrogens (primary N) is 1. The summed E-state index contributed by atoms with van der Waals surface area (Å²) >= 11 is 0. The molecule has 0 aromatic carbocycles. The maximum atomic E-state index is 11.3. The van der Waals surface area contributed by atoms with Crippen molar-refractivity contribution in [3.05, 3.63) is 0 Å². The van der Waals surface area contributed by atoms with E-state index in [0.29, 0.717) is 25.3 Å². The van der Waals surface area contributed by atoms with Crippen LogP contribution in [0.1, 0.15) is 12.8 Å². The lowest BCUT2D eigenvalue weighted by molar-refractivity contribution is -0.146. The Morgan fingerprint density at radius 1 is 1.75 bits per heavy atom. The number of carbonyl (C=O) groups is 2. The summed E-state index contributed by atoms with van der Waals surface area (Å²) in [6, 6.07) is 0. The van der Waals surface area contributed by atoms with Crippen LogP contribution in [0.25, 0.3) is 0 Å². The van der Waals surface area contributed by atoms with Crippen LogP contribution >= 0.6 is 0 Å². The number of nitrogens with zero attached hydrogens (tertiary/aromatic N) is 2. The fourth-order valence-electron chi connectivity index (χ4n) is 1.41. The predicted octanol–water partition coefficient (Wildman–Crippen LogP) is -0.772. The van der Waals surface area contributed by atoms with E-state index in [1.165, 1.54) is 5.01 Å². The van der Waals surface area contributed by atoms with Crippen LogP contribution in [0, 0.1) is 5.92 Å². The number of hydrazine groups is 1. The van der Waals surface area contributed by atoms with Gasteiger partial charge < -0.3 is 9.84 Å². The van der Waals surface area contributed by atoms with Crippen molar-refractivity contribution in [2.75, 3.05) is 20.3 Å². The molecule has 1 aliphatic heterocycles. The standard InChI is InChI=1S/C9H15N3O4/c1-16-4-2-3-7-11-8(13)6(9(14)15)5-12(7)10/h6H,2-5,10H2,1H3,(H,14,15). The van der Waals surface area contributed by atoms with Crippen molar-refractivity contribution in [1.29, 1.82) is 0 Å². The first kappa shape index (κ1) is 12.6. The molecular formula is C9H15N3O4. The number of aliphatic carboxylic acids is 1. The van der Waals surface area contributed by atoms with E-state index < -0.39 is 17.8 Å². The molecule has 1 heterocycles. The van der Waals surface area contributed by atoms with E-state index in [-0.39, 0.29) is 6.54 Å². The van der Waals surface area contributed by atoms with Crippen molar-refractivity contribution in [3.63, 3.8) is 0 Å². The summed E-state index contributed by atoms with van der Waals surface area (Å²) in [4.78, 5) is 25.7. The van der Waals surface area contributed by atoms with Gasteiger partial charge in [0.2, 0.25) is 0 Å². The monoisotopic (exact) mass is 229 g/mol. The number of carbonyl (C=O) groups excluding carboxylic acids is 1. The van der Waals surface area contributed by atoms with Gasteiger partial charge in [-0.3, -0.25) is 14.6 Å². The number of rotatable bonds is 5. The van der Waals surface area contributed by atoms with Crippen molar-refractivity contribution in [2.45, 2.75) is 12.8 Å². The molecule has 90 valence electrons. The molecule has 0 bridgehead atoms. The Hall–Kier alpha value is -1.47. The number of hydrogen-bond donors (Lipinski definition) is 2. The van der Waals surface area contributed by atoms with Gasteiger partial charge in [-0.15, -0.1) is 0 Å². The average molecular weight is 229 g/mol. The summed E-state index contributed by atoms with van der Waals surface area (Å²) in [7, 11) is 1.58. The van der Waals surface area contributed by atoms with Gasteiger partial charge in [-0.25, -0.2) is 5.84 Å². The highest BCUT2D eigenvalue weighted by molar-refractivity contribution is 6.05. The van der Waals surface area contributed by atoms with Gasteiger partial charge in [-0.1, -0.05) is 0 Å². The molecular weight excluding hydrogens is 214 g/mol. The Morgan fingerprint density at radius 2 is 2.44 bits per heavy atom. The topological polar surface area (TPSA) is 105 Å². The number of amides is 1. The molecule has 1 amide bonds. The highest BCUT2D eigenvalue weighted by Crippen LogP contribution is 2.11. The zero-order chi connectivity index (χ0) is 12.1. The number of hydrogen-bond acceptors (Lipinski definition) is 5. The van der Waals surface area contributed by atoms with E-state index in [1.54, 1.807) is 7.11 Å². The molecule has 7 heteroatoms. The van der Waals surface area contributed by atoms with Crippen molar-refractivity contribution in [2.24, 2.45) is 16.8 Å². The van der Waals surface area contributed by atoms with Crippen molar-refractivity contribution >= 4 is 17.7 Å². The lowest BCUT2D eigenvalue weighted by atomic mass is 10.1. The highest BCUT2D eigenvalue weighted by atomic mass is 16.5. The molecule has 0 spiro atoms. The van der Waals surface area contributed by atoms with Crippen molar-refractivity contribution < 1.29 is 19.4 Å². The van der Waals surface area contributed by atoms with E-state index in [4.69, 9.17) is 15.7 Å². The third kappa shape index (κ3) is 3.01. The molecule has 0 aromatic heterocycles. The smallest absolute Gasteiger partial charge is 0.318 e. The molecule has 0 saturated carbocycles. The third-order valence-electron chi connectivity index (χ3n) is 2.30. The SMILES string of the molecule is COCCCC1=NC(=O)C(C(=O)O)CN1N. The minimum atomic E-state index is -1.19. The molecule has 16 heavy (non-hydrogen) atoms. The minimum Gasteiger partial charge on any atom is -0.481 e. The fourth-order valence-corrected chi connectivity index (χ4v) is 1.41. The number of carboxylic acid groups (broad SMARTS) is 1. The number of carboxylic acids is 1. The van der Waals surface area contributed by atoms with Gasteiger partial charge in [0.15, 0.2) is 5.92 Å². The first-order valence-electron chi connectivity index (χ1n) is 4.91. The first-order chi connectivity index (χ1) is 7.56. The molecule has 0 saturated heterocycles. The predicted molar refractivity (Wildman–Crippen MR) is 55.6 cm³/mol. The van der Waals surface area contributed by atoms with E-state index in [1.807, 2.05) is 0 Å². The van der Waals surface area contributed by atoms with Crippen LogP contribution in [-0.4, -0.2) is 48.1 Å². The Morgan fingerprint density at radius 3 is 3.00 bits per heavy atom. The average Bonchev–Trinajstić information content (AvgIpc) is 2.22. The van der Waals surface area contributed by atoms with Gasteiger partial charge in [0.1, 0.15) is 5.84 Å². The van der Waals surface area contributed by atoms with Crippen LogP contribution in [0.5, 0.6) is 0 Å². The quantitative estimate of drug-likeness (QED) is 0.364. The molecule has 3 N–H and O–H groups in total. The van der Waals surface area contributed by atoms with Gasteiger partial charge >= 0.3 is 5.97 Å². The molecule has 0 aromatic rings. The number of aliphatic imine (C=N–C) groups is 1. The van der Waals surface area contributed by atoms with Crippen LogP contribution in [0.3, 0.4) is 0 Å². The summed E-state index contributed by atoms with van der Waals surface area (Å²) in [5.74, 6) is 3.03. The largest absolute Gasteiger partial charge is 0.481 e. The molecule has 1 aliphatic rings. The third-order valence-corrected chi connectivity index (χ3v) is 2.30. The Labute approximate surface area is 92.8 Å². The minimum absolute atomic E-state index is 0.0278. The Kier molecular flexibility index (Phi) is 4.39. The van der Waals surface area contributed by atoms with Crippen molar-refractivity contribution in [3.8, 4) is 0 Å². The van der Waals surface area contributed by atoms with E-state index >= 15 is 0 Å². The Bertz CT molecular complexity index is 316. The van der Waals surface area contributed by atoms with Crippen molar-refractivity contribution in [1.82, 2.24) is 5.01 Å². The summed E-state index contributed by atoms with van der Waals surface area (Å²) in [6.45, 7) is 0.517. The van der Waals surface area contributed by atoms with E-state index in [2.05, 4.69) is 4.99 Å². The second-order valence-corrected chi connectivity index (χ2v) is 3.51. The van der Waals surface area contributed by atoms with Gasteiger partial charge in [0.25, 0.3) is 5.91 Å². The van der Waals surface area contributed by atoms with E-state index in [0.717, 1.165) is 0 Å². The first-order valence-corrected chi connectivity index (χ1v) is 4.91. The molecule has 0 aliphatic carbocycles. The molecule has 0 fully saturated rings. The summed E-state index contributed by atoms with van der Waals surface area (Å²) < 4.78 is 4.86. The van der Waals surface area contributed by atoms with Gasteiger partial charge in [-0.05, 0) is 6.42 Å². The van der Waals surface area contributed by atoms with Crippen LogP contribution in [-0.2, 0) is 14.3 Å². The molecule has 1 rings (SSSR count). The normalized spacial score (nSPS) is 20.9. The zero-order valence-corrected chi connectivity index (χ0v) is 9.05. The van der Waals surface area contributed by atoms with Gasteiger partial charge in [0, 0.05) is 20.1 Å². The van der Waals surface area contributed by atoms with Crippen LogP contribution in [0.15, 0.2) is 4.99 Å². The number of amidine groups is 1.